The molecule has 3 rings (SSSR count). The highest BCUT2D eigenvalue weighted by atomic mass is 16.2. The van der Waals surface area contributed by atoms with Crippen molar-refractivity contribution in [2.75, 3.05) is 51.9 Å². The maximum Gasteiger partial charge on any atom is 0.225 e. The fourth-order valence-corrected chi connectivity index (χ4v) is 4.34. The largest absolute Gasteiger partial charge is 0.323 e. The van der Waals surface area contributed by atoms with Crippen LogP contribution in [0, 0.1) is 5.41 Å². The summed E-state index contributed by atoms with van der Waals surface area (Å²) in [4.78, 5) is 29.8. The van der Waals surface area contributed by atoms with Crippen LogP contribution in [0.4, 0.5) is 11.4 Å². The molecule has 0 saturated heterocycles. The highest BCUT2D eigenvalue weighted by Gasteiger charge is 2.38. The standard InChI is InChI=1S/C23H38N8O2/c1-28(2)9-11-30-17-19(15-24-30)26-21(32)13-23(7-5-6-8-23)14-22(33)27-20-16-25-31(18-20)12-10-29(3)4/h15-18H,5-14H2,1-4H3,(H,26,32)(H,27,33). The Balaban J connectivity index is 1.52. The molecule has 0 bridgehead atoms. The van der Waals surface area contributed by atoms with Gasteiger partial charge in [-0.25, -0.2) is 0 Å². The minimum atomic E-state index is -0.296. The molecule has 2 aromatic rings. The summed E-state index contributed by atoms with van der Waals surface area (Å²) in [5, 5.41) is 14.6. The number of amides is 2. The summed E-state index contributed by atoms with van der Waals surface area (Å²) in [7, 11) is 8.06. The smallest absolute Gasteiger partial charge is 0.225 e. The molecule has 1 saturated carbocycles. The number of carbonyl (C=O) groups excluding carboxylic acids is 2. The van der Waals surface area contributed by atoms with E-state index in [1.807, 2.05) is 49.9 Å². The Morgan fingerprint density at radius 2 is 1.27 bits per heavy atom. The maximum absolute atomic E-state index is 12.8. The van der Waals surface area contributed by atoms with Crippen molar-refractivity contribution in [2.45, 2.75) is 51.6 Å². The predicted molar refractivity (Wildman–Crippen MR) is 129 cm³/mol. The van der Waals surface area contributed by atoms with E-state index in [9.17, 15) is 9.59 Å². The van der Waals surface area contributed by atoms with Gasteiger partial charge in [-0.05, 0) is 46.4 Å². The van der Waals surface area contributed by atoms with Gasteiger partial charge in [-0.15, -0.1) is 0 Å². The number of likely N-dealkylation sites (N-methyl/N-ethyl adjacent to an activating group) is 2. The first-order chi connectivity index (χ1) is 15.7. The van der Waals surface area contributed by atoms with Gasteiger partial charge in [0.25, 0.3) is 0 Å². The van der Waals surface area contributed by atoms with Gasteiger partial charge in [-0.3, -0.25) is 19.0 Å². The van der Waals surface area contributed by atoms with Gasteiger partial charge in [-0.1, -0.05) is 12.8 Å². The minimum absolute atomic E-state index is 0.0617. The normalized spacial score (nSPS) is 15.3. The Bertz CT molecular complexity index is 843. The zero-order valence-electron chi connectivity index (χ0n) is 20.4. The highest BCUT2D eigenvalue weighted by molar-refractivity contribution is 5.93. The Kier molecular flexibility index (Phi) is 8.62. The molecule has 0 spiro atoms. The molecular formula is C23H38N8O2. The van der Waals surface area contributed by atoms with E-state index in [-0.39, 0.29) is 17.2 Å². The molecule has 2 heterocycles. The van der Waals surface area contributed by atoms with Crippen molar-refractivity contribution in [1.29, 1.82) is 0 Å². The molecule has 10 heteroatoms. The first kappa shape index (κ1) is 24.9. The lowest BCUT2D eigenvalue weighted by molar-refractivity contribution is -0.121. The third-order valence-electron chi connectivity index (χ3n) is 6.12. The van der Waals surface area contributed by atoms with E-state index in [1.54, 1.807) is 12.4 Å². The number of carbonyl (C=O) groups is 2. The zero-order chi connectivity index (χ0) is 23.8. The van der Waals surface area contributed by atoms with Crippen LogP contribution < -0.4 is 10.6 Å². The number of nitrogens with one attached hydrogen (secondary N) is 2. The van der Waals surface area contributed by atoms with Crippen LogP contribution in [0.15, 0.2) is 24.8 Å². The average molecular weight is 459 g/mol. The van der Waals surface area contributed by atoms with Crippen LogP contribution in [0.5, 0.6) is 0 Å². The van der Waals surface area contributed by atoms with Crippen LogP contribution in [0.1, 0.15) is 38.5 Å². The fourth-order valence-electron chi connectivity index (χ4n) is 4.34. The summed E-state index contributed by atoms with van der Waals surface area (Å²) in [6.07, 6.45) is 11.6. The topological polar surface area (TPSA) is 100 Å². The quantitative estimate of drug-likeness (QED) is 0.505. The Morgan fingerprint density at radius 3 is 1.67 bits per heavy atom. The van der Waals surface area contributed by atoms with Crippen LogP contribution in [0.3, 0.4) is 0 Å². The number of aromatic nitrogens is 4. The summed E-state index contributed by atoms with van der Waals surface area (Å²) in [5.41, 5.74) is 1.10. The molecule has 1 aliphatic rings. The molecule has 10 nitrogen and oxygen atoms in total. The minimum Gasteiger partial charge on any atom is -0.323 e. The van der Waals surface area contributed by atoms with Gasteiger partial charge >= 0.3 is 0 Å². The molecule has 0 aliphatic heterocycles. The van der Waals surface area contributed by atoms with E-state index in [2.05, 4.69) is 30.6 Å². The van der Waals surface area contributed by atoms with Crippen molar-refractivity contribution < 1.29 is 9.59 Å². The predicted octanol–water partition coefficient (Wildman–Crippen LogP) is 2.12. The molecular weight excluding hydrogens is 420 g/mol. The summed E-state index contributed by atoms with van der Waals surface area (Å²) in [6, 6.07) is 0. The molecule has 0 aromatic carbocycles. The Morgan fingerprint density at radius 1 is 0.848 bits per heavy atom. The van der Waals surface area contributed by atoms with E-state index < -0.39 is 0 Å². The van der Waals surface area contributed by atoms with Crippen molar-refractivity contribution in [3.05, 3.63) is 24.8 Å². The van der Waals surface area contributed by atoms with Gasteiger partial charge in [0.15, 0.2) is 0 Å². The van der Waals surface area contributed by atoms with Crippen LogP contribution in [0.25, 0.3) is 0 Å². The Labute approximate surface area is 196 Å². The lowest BCUT2D eigenvalue weighted by Crippen LogP contribution is -2.30. The molecule has 1 fully saturated rings. The highest BCUT2D eigenvalue weighted by Crippen LogP contribution is 2.44. The molecule has 2 aromatic heterocycles. The molecule has 0 atom stereocenters. The molecule has 182 valence electrons. The van der Waals surface area contributed by atoms with Crippen molar-refractivity contribution in [3.63, 3.8) is 0 Å². The molecule has 2 N–H and O–H groups in total. The number of rotatable bonds is 12. The van der Waals surface area contributed by atoms with Crippen LogP contribution in [0.2, 0.25) is 0 Å². The van der Waals surface area contributed by atoms with E-state index in [4.69, 9.17) is 0 Å². The summed E-state index contributed by atoms with van der Waals surface area (Å²) < 4.78 is 3.65. The van der Waals surface area contributed by atoms with Crippen molar-refractivity contribution in [2.24, 2.45) is 5.41 Å². The third kappa shape index (κ3) is 7.97. The van der Waals surface area contributed by atoms with Gasteiger partial charge in [0.05, 0.1) is 36.9 Å². The van der Waals surface area contributed by atoms with Crippen LogP contribution in [-0.4, -0.2) is 82.5 Å². The monoisotopic (exact) mass is 458 g/mol. The van der Waals surface area contributed by atoms with E-state index in [0.717, 1.165) is 51.9 Å². The molecule has 1 aliphatic carbocycles. The van der Waals surface area contributed by atoms with Gasteiger partial charge in [0.2, 0.25) is 11.8 Å². The SMILES string of the molecule is CN(C)CCn1cc(NC(=O)CC2(CC(=O)Nc3cnn(CCN(C)C)c3)CCCC2)cn1. The maximum atomic E-state index is 12.8. The lowest BCUT2D eigenvalue weighted by atomic mass is 9.79. The molecule has 33 heavy (non-hydrogen) atoms. The molecule has 0 radical (unpaired) electrons. The lowest BCUT2D eigenvalue weighted by Gasteiger charge is -2.27. The first-order valence-corrected chi connectivity index (χ1v) is 11.7. The third-order valence-corrected chi connectivity index (χ3v) is 6.12. The van der Waals surface area contributed by atoms with E-state index in [0.29, 0.717) is 24.2 Å². The number of hydrogen-bond donors (Lipinski definition) is 2. The van der Waals surface area contributed by atoms with Gasteiger partial charge < -0.3 is 20.4 Å². The molecule has 0 unspecified atom stereocenters. The molecule has 2 amide bonds. The van der Waals surface area contributed by atoms with E-state index in [1.165, 1.54) is 0 Å². The van der Waals surface area contributed by atoms with Crippen molar-refractivity contribution in [3.8, 4) is 0 Å². The summed E-state index contributed by atoms with van der Waals surface area (Å²) in [6.45, 7) is 3.28. The zero-order valence-corrected chi connectivity index (χ0v) is 20.4. The van der Waals surface area contributed by atoms with Gasteiger partial charge in [0.1, 0.15) is 0 Å². The van der Waals surface area contributed by atoms with Crippen LogP contribution in [-0.2, 0) is 22.7 Å². The Hall–Kier alpha value is -2.72. The second kappa shape index (κ2) is 11.4. The van der Waals surface area contributed by atoms with Crippen molar-refractivity contribution >= 4 is 23.2 Å². The summed E-state index contributed by atoms with van der Waals surface area (Å²) in [5.74, 6) is -0.123. The second-order valence-electron chi connectivity index (χ2n) is 9.75. The van der Waals surface area contributed by atoms with Crippen molar-refractivity contribution in [1.82, 2.24) is 29.4 Å². The van der Waals surface area contributed by atoms with Gasteiger partial charge in [0, 0.05) is 38.3 Å². The number of nitrogens with zero attached hydrogens (tertiary/aromatic N) is 6. The van der Waals surface area contributed by atoms with Crippen LogP contribution >= 0.6 is 0 Å². The summed E-state index contributed by atoms with van der Waals surface area (Å²) >= 11 is 0. The number of hydrogen-bond acceptors (Lipinski definition) is 6. The first-order valence-electron chi connectivity index (χ1n) is 11.7. The fraction of sp³-hybridized carbons (Fsp3) is 0.652. The average Bonchev–Trinajstić information content (AvgIpc) is 3.47. The van der Waals surface area contributed by atoms with E-state index >= 15 is 0 Å². The second-order valence-corrected chi connectivity index (χ2v) is 9.75. The van der Waals surface area contributed by atoms with Gasteiger partial charge in [-0.2, -0.15) is 10.2 Å². The number of anilines is 2.